The molecule has 0 aliphatic rings. The van der Waals surface area contributed by atoms with Gasteiger partial charge in [0.25, 0.3) is 0 Å². The number of pyridine rings is 1. The number of nitrogens with zero attached hydrogens (tertiary/aromatic N) is 1. The van der Waals surface area contributed by atoms with E-state index in [-0.39, 0.29) is 0 Å². The van der Waals surface area contributed by atoms with Gasteiger partial charge in [0.15, 0.2) is 0 Å². The fourth-order valence-corrected chi connectivity index (χ4v) is 1.99. The topological polar surface area (TPSA) is 33.1 Å². The van der Waals surface area contributed by atoms with Crippen molar-refractivity contribution in [3.05, 3.63) is 65.0 Å². The summed E-state index contributed by atoms with van der Waals surface area (Å²) in [5, 5.41) is 10.2. The largest absolute Gasteiger partial charge is 0.386 e. The number of aryl methyl sites for hydroxylation is 2. The van der Waals surface area contributed by atoms with Crippen molar-refractivity contribution in [2.45, 2.75) is 26.4 Å². The summed E-state index contributed by atoms with van der Waals surface area (Å²) in [6, 6.07) is 13.9. The van der Waals surface area contributed by atoms with E-state index in [1.807, 2.05) is 56.3 Å². The highest BCUT2D eigenvalue weighted by Gasteiger charge is 2.10. The number of aliphatic hydroxyl groups excluding tert-OH is 1. The second-order valence-electron chi connectivity index (χ2n) is 4.42. The normalized spacial score (nSPS) is 12.4. The van der Waals surface area contributed by atoms with Gasteiger partial charge in [-0.25, -0.2) is 0 Å². The zero-order chi connectivity index (χ0) is 12.3. The van der Waals surface area contributed by atoms with E-state index in [1.165, 1.54) is 0 Å². The van der Waals surface area contributed by atoms with Gasteiger partial charge in [-0.2, -0.15) is 0 Å². The molecule has 0 aliphatic carbocycles. The third kappa shape index (κ3) is 3.14. The van der Waals surface area contributed by atoms with Gasteiger partial charge < -0.3 is 5.11 Å². The summed E-state index contributed by atoms with van der Waals surface area (Å²) < 4.78 is 0. The van der Waals surface area contributed by atoms with E-state index in [1.54, 1.807) is 0 Å². The fourth-order valence-electron chi connectivity index (χ4n) is 1.99. The van der Waals surface area contributed by atoms with Crippen molar-refractivity contribution in [1.29, 1.82) is 0 Å². The van der Waals surface area contributed by atoms with E-state index in [0.29, 0.717) is 6.42 Å². The summed E-state index contributed by atoms with van der Waals surface area (Å²) in [6.07, 6.45) is 0.0764. The monoisotopic (exact) mass is 227 g/mol. The first-order chi connectivity index (χ1) is 8.15. The van der Waals surface area contributed by atoms with Crippen molar-refractivity contribution >= 4 is 0 Å². The molecular weight excluding hydrogens is 210 g/mol. The van der Waals surface area contributed by atoms with E-state index in [4.69, 9.17) is 0 Å². The molecule has 1 unspecified atom stereocenters. The number of benzene rings is 1. The Morgan fingerprint density at radius 3 is 2.47 bits per heavy atom. The minimum Gasteiger partial charge on any atom is -0.386 e. The van der Waals surface area contributed by atoms with Crippen LogP contribution in [0.3, 0.4) is 0 Å². The highest BCUT2D eigenvalue weighted by molar-refractivity contribution is 5.23. The van der Waals surface area contributed by atoms with Gasteiger partial charge in [-0.3, -0.25) is 4.98 Å². The molecule has 1 heterocycles. The lowest BCUT2D eigenvalue weighted by atomic mass is 10.0. The average Bonchev–Trinajstić information content (AvgIpc) is 2.29. The van der Waals surface area contributed by atoms with Gasteiger partial charge in [0, 0.05) is 12.1 Å². The van der Waals surface area contributed by atoms with Crippen molar-refractivity contribution in [3.8, 4) is 0 Å². The molecule has 17 heavy (non-hydrogen) atoms. The van der Waals surface area contributed by atoms with E-state index in [2.05, 4.69) is 4.98 Å². The van der Waals surface area contributed by atoms with Crippen molar-refractivity contribution < 1.29 is 5.11 Å². The summed E-state index contributed by atoms with van der Waals surface area (Å²) >= 11 is 0. The fraction of sp³-hybridized carbons (Fsp3) is 0.267. The molecule has 0 fully saturated rings. The van der Waals surface area contributed by atoms with Crippen LogP contribution in [0.1, 0.15) is 28.6 Å². The SMILES string of the molecule is Cc1cc(C)nc(C(O)Cc2ccccc2)c1. The number of hydrogen-bond acceptors (Lipinski definition) is 2. The van der Waals surface area contributed by atoms with Crippen molar-refractivity contribution in [1.82, 2.24) is 4.98 Å². The van der Waals surface area contributed by atoms with Crippen LogP contribution in [0.25, 0.3) is 0 Å². The molecule has 0 saturated carbocycles. The molecular formula is C15H17NO. The molecule has 2 nitrogen and oxygen atoms in total. The first-order valence-corrected chi connectivity index (χ1v) is 5.82. The van der Waals surface area contributed by atoms with E-state index >= 15 is 0 Å². The molecule has 2 aromatic rings. The van der Waals surface area contributed by atoms with Gasteiger partial charge in [0.1, 0.15) is 0 Å². The number of rotatable bonds is 3. The van der Waals surface area contributed by atoms with Gasteiger partial charge in [0.2, 0.25) is 0 Å². The minimum atomic E-state index is -0.531. The predicted molar refractivity (Wildman–Crippen MR) is 68.8 cm³/mol. The van der Waals surface area contributed by atoms with Crippen LogP contribution in [0.5, 0.6) is 0 Å². The Balaban J connectivity index is 2.17. The Morgan fingerprint density at radius 2 is 1.82 bits per heavy atom. The van der Waals surface area contributed by atoms with E-state index < -0.39 is 6.10 Å². The number of aliphatic hydroxyl groups is 1. The van der Waals surface area contributed by atoms with Gasteiger partial charge in [-0.1, -0.05) is 30.3 Å². The standard InChI is InChI=1S/C15H17NO/c1-11-8-12(2)16-14(9-11)15(17)10-13-6-4-3-5-7-13/h3-9,15,17H,10H2,1-2H3. The Kier molecular flexibility index (Phi) is 3.55. The number of aromatic nitrogens is 1. The summed E-state index contributed by atoms with van der Waals surface area (Å²) in [6.45, 7) is 3.97. The van der Waals surface area contributed by atoms with Crippen LogP contribution in [0.15, 0.2) is 42.5 Å². The Bertz CT molecular complexity index is 473. The Hall–Kier alpha value is -1.67. The summed E-state index contributed by atoms with van der Waals surface area (Å²) in [4.78, 5) is 4.38. The van der Waals surface area contributed by atoms with Gasteiger partial charge in [-0.05, 0) is 37.1 Å². The van der Waals surface area contributed by atoms with Crippen LogP contribution < -0.4 is 0 Å². The summed E-state index contributed by atoms with van der Waals surface area (Å²) in [5.41, 5.74) is 3.97. The maximum atomic E-state index is 10.2. The lowest BCUT2D eigenvalue weighted by molar-refractivity contribution is 0.173. The number of hydrogen-bond donors (Lipinski definition) is 1. The molecule has 1 atom stereocenters. The third-order valence-electron chi connectivity index (χ3n) is 2.73. The Morgan fingerprint density at radius 1 is 1.12 bits per heavy atom. The van der Waals surface area contributed by atoms with Crippen molar-refractivity contribution in [3.63, 3.8) is 0 Å². The second-order valence-corrected chi connectivity index (χ2v) is 4.42. The molecule has 0 radical (unpaired) electrons. The minimum absolute atomic E-state index is 0.531. The molecule has 1 aromatic heterocycles. The zero-order valence-electron chi connectivity index (χ0n) is 10.2. The van der Waals surface area contributed by atoms with Gasteiger partial charge in [0.05, 0.1) is 11.8 Å². The van der Waals surface area contributed by atoms with Crippen LogP contribution in [-0.4, -0.2) is 10.1 Å². The van der Waals surface area contributed by atoms with Crippen LogP contribution in [0, 0.1) is 13.8 Å². The maximum absolute atomic E-state index is 10.2. The molecule has 2 rings (SSSR count). The average molecular weight is 227 g/mol. The van der Waals surface area contributed by atoms with Crippen LogP contribution in [-0.2, 0) is 6.42 Å². The molecule has 88 valence electrons. The highest BCUT2D eigenvalue weighted by atomic mass is 16.3. The zero-order valence-corrected chi connectivity index (χ0v) is 10.2. The maximum Gasteiger partial charge on any atom is 0.1000 e. The molecule has 0 bridgehead atoms. The highest BCUT2D eigenvalue weighted by Crippen LogP contribution is 2.18. The molecule has 0 amide bonds. The quantitative estimate of drug-likeness (QED) is 0.874. The van der Waals surface area contributed by atoms with Crippen LogP contribution >= 0.6 is 0 Å². The first kappa shape index (κ1) is 11.8. The summed E-state index contributed by atoms with van der Waals surface area (Å²) in [7, 11) is 0. The van der Waals surface area contributed by atoms with E-state index in [0.717, 1.165) is 22.5 Å². The molecule has 0 saturated heterocycles. The van der Waals surface area contributed by atoms with Crippen LogP contribution in [0.4, 0.5) is 0 Å². The van der Waals surface area contributed by atoms with E-state index in [9.17, 15) is 5.11 Å². The first-order valence-electron chi connectivity index (χ1n) is 5.82. The molecule has 2 heteroatoms. The van der Waals surface area contributed by atoms with Gasteiger partial charge >= 0.3 is 0 Å². The van der Waals surface area contributed by atoms with Crippen molar-refractivity contribution in [2.24, 2.45) is 0 Å². The molecule has 1 N–H and O–H groups in total. The second kappa shape index (κ2) is 5.11. The molecule has 1 aromatic carbocycles. The predicted octanol–water partition coefficient (Wildman–Crippen LogP) is 2.97. The van der Waals surface area contributed by atoms with Crippen LogP contribution in [0.2, 0.25) is 0 Å². The smallest absolute Gasteiger partial charge is 0.1000 e. The molecule has 0 aliphatic heterocycles. The lowest BCUT2D eigenvalue weighted by Gasteiger charge is -2.11. The lowest BCUT2D eigenvalue weighted by Crippen LogP contribution is -2.05. The Labute approximate surface area is 102 Å². The van der Waals surface area contributed by atoms with Crippen molar-refractivity contribution in [2.75, 3.05) is 0 Å². The summed E-state index contributed by atoms with van der Waals surface area (Å²) in [5.74, 6) is 0. The molecule has 0 spiro atoms. The van der Waals surface area contributed by atoms with Gasteiger partial charge in [-0.15, -0.1) is 0 Å². The third-order valence-corrected chi connectivity index (χ3v) is 2.73.